The highest BCUT2D eigenvalue weighted by atomic mass is 16.3. The molecule has 1 aliphatic rings. The van der Waals surface area contributed by atoms with Crippen molar-refractivity contribution in [3.05, 3.63) is 29.8 Å². The number of amides is 1. The first-order chi connectivity index (χ1) is 13.0. The Morgan fingerprint density at radius 3 is 2.67 bits per heavy atom. The van der Waals surface area contributed by atoms with E-state index in [0.29, 0.717) is 12.6 Å². The van der Waals surface area contributed by atoms with E-state index in [1.54, 1.807) is 0 Å². The van der Waals surface area contributed by atoms with Gasteiger partial charge in [-0.3, -0.25) is 4.79 Å². The summed E-state index contributed by atoms with van der Waals surface area (Å²) in [6.07, 6.45) is 4.28. The Kier molecular flexibility index (Phi) is 8.58. The number of carbonyl (C=O) groups is 1. The minimum absolute atomic E-state index is 0.00486. The number of aliphatic imine (C=N–C) groups is 1. The van der Waals surface area contributed by atoms with Gasteiger partial charge in [0.15, 0.2) is 5.96 Å². The largest absolute Gasteiger partial charge is 0.393 e. The topological polar surface area (TPSA) is 85.8 Å². The Bertz CT molecular complexity index is 624. The van der Waals surface area contributed by atoms with Crippen LogP contribution in [0.3, 0.4) is 0 Å². The third-order valence-electron chi connectivity index (χ3n) is 5.06. The van der Waals surface area contributed by atoms with Gasteiger partial charge in [0.05, 0.1) is 12.6 Å². The van der Waals surface area contributed by atoms with Gasteiger partial charge in [0.1, 0.15) is 0 Å². The smallest absolute Gasteiger partial charge is 0.227 e. The van der Waals surface area contributed by atoms with E-state index < -0.39 is 0 Å². The third kappa shape index (κ3) is 7.21. The molecule has 1 fully saturated rings. The summed E-state index contributed by atoms with van der Waals surface area (Å²) in [4.78, 5) is 16.8. The van der Waals surface area contributed by atoms with Crippen LogP contribution in [-0.2, 0) is 11.3 Å². The normalized spacial score (nSPS) is 21.4. The van der Waals surface area contributed by atoms with Crippen molar-refractivity contribution in [1.29, 1.82) is 0 Å². The van der Waals surface area contributed by atoms with Crippen molar-refractivity contribution in [3.63, 3.8) is 0 Å². The number of nitrogens with zero attached hydrogens (tertiary/aromatic N) is 1. The molecule has 150 valence electrons. The SMILES string of the molecule is CCNC(=NCc1cccc(NC(=O)C(C)CC)c1)NC1CCC(O)CC1. The summed E-state index contributed by atoms with van der Waals surface area (Å²) in [6, 6.07) is 8.20. The highest BCUT2D eigenvalue weighted by Crippen LogP contribution is 2.18. The Labute approximate surface area is 162 Å². The summed E-state index contributed by atoms with van der Waals surface area (Å²) in [5.41, 5.74) is 1.86. The average molecular weight is 375 g/mol. The zero-order chi connectivity index (χ0) is 19.6. The molecule has 4 N–H and O–H groups in total. The van der Waals surface area contributed by atoms with Crippen molar-refractivity contribution < 1.29 is 9.90 Å². The lowest BCUT2D eigenvalue weighted by atomic mass is 9.93. The molecule has 1 aromatic carbocycles. The quantitative estimate of drug-likeness (QED) is 0.436. The van der Waals surface area contributed by atoms with E-state index in [4.69, 9.17) is 0 Å². The Morgan fingerprint density at radius 1 is 1.26 bits per heavy atom. The molecule has 6 heteroatoms. The number of rotatable bonds is 7. The van der Waals surface area contributed by atoms with Crippen molar-refractivity contribution in [2.24, 2.45) is 10.9 Å². The van der Waals surface area contributed by atoms with Gasteiger partial charge >= 0.3 is 0 Å². The molecule has 2 rings (SSSR count). The van der Waals surface area contributed by atoms with Gasteiger partial charge in [-0.2, -0.15) is 0 Å². The fourth-order valence-corrected chi connectivity index (χ4v) is 3.10. The van der Waals surface area contributed by atoms with Crippen molar-refractivity contribution in [2.75, 3.05) is 11.9 Å². The fraction of sp³-hybridized carbons (Fsp3) is 0.619. The van der Waals surface area contributed by atoms with Gasteiger partial charge in [-0.05, 0) is 56.7 Å². The van der Waals surface area contributed by atoms with Gasteiger partial charge in [0.25, 0.3) is 0 Å². The van der Waals surface area contributed by atoms with Crippen molar-refractivity contribution >= 4 is 17.6 Å². The molecule has 0 aromatic heterocycles. The molecule has 1 aromatic rings. The van der Waals surface area contributed by atoms with E-state index in [1.807, 2.05) is 45.0 Å². The van der Waals surface area contributed by atoms with E-state index in [0.717, 1.165) is 55.9 Å². The van der Waals surface area contributed by atoms with Crippen LogP contribution in [0.15, 0.2) is 29.3 Å². The second-order valence-electron chi connectivity index (χ2n) is 7.34. The predicted molar refractivity (Wildman–Crippen MR) is 111 cm³/mol. The monoisotopic (exact) mass is 374 g/mol. The maximum Gasteiger partial charge on any atom is 0.227 e. The number of anilines is 1. The predicted octanol–water partition coefficient (Wildman–Crippen LogP) is 3.03. The van der Waals surface area contributed by atoms with Crippen LogP contribution in [0.2, 0.25) is 0 Å². The maximum atomic E-state index is 12.1. The fourth-order valence-electron chi connectivity index (χ4n) is 3.10. The standard InChI is InChI=1S/C21H34N4O2/c1-4-15(3)20(27)24-18-8-6-7-16(13-18)14-23-21(22-5-2)25-17-9-11-19(26)12-10-17/h6-8,13,15,17,19,26H,4-5,9-12,14H2,1-3H3,(H,24,27)(H2,22,23,25). The molecule has 6 nitrogen and oxygen atoms in total. The zero-order valence-corrected chi connectivity index (χ0v) is 16.8. The molecule has 1 atom stereocenters. The summed E-state index contributed by atoms with van der Waals surface area (Å²) < 4.78 is 0. The lowest BCUT2D eigenvalue weighted by Crippen LogP contribution is -2.45. The number of nitrogens with one attached hydrogen (secondary N) is 3. The van der Waals surface area contributed by atoms with E-state index in [-0.39, 0.29) is 17.9 Å². The van der Waals surface area contributed by atoms with Crippen molar-refractivity contribution in [2.45, 2.75) is 71.6 Å². The van der Waals surface area contributed by atoms with Crippen LogP contribution >= 0.6 is 0 Å². The second kappa shape index (κ2) is 10.9. The average Bonchev–Trinajstić information content (AvgIpc) is 2.67. The molecule has 0 spiro atoms. The lowest BCUT2D eigenvalue weighted by molar-refractivity contribution is -0.119. The first-order valence-corrected chi connectivity index (χ1v) is 10.1. The van der Waals surface area contributed by atoms with Gasteiger partial charge in [-0.25, -0.2) is 4.99 Å². The molecule has 0 radical (unpaired) electrons. The molecule has 0 saturated heterocycles. The van der Waals surface area contributed by atoms with Crippen LogP contribution in [0.1, 0.15) is 58.4 Å². The molecule has 1 amide bonds. The van der Waals surface area contributed by atoms with E-state index >= 15 is 0 Å². The molecule has 1 unspecified atom stereocenters. The van der Waals surface area contributed by atoms with Crippen molar-refractivity contribution in [3.8, 4) is 0 Å². The Hall–Kier alpha value is -2.08. The molecular weight excluding hydrogens is 340 g/mol. The van der Waals surface area contributed by atoms with Crippen LogP contribution in [0.4, 0.5) is 5.69 Å². The third-order valence-corrected chi connectivity index (χ3v) is 5.06. The summed E-state index contributed by atoms with van der Waals surface area (Å²) in [5.74, 6) is 0.853. The van der Waals surface area contributed by atoms with Crippen LogP contribution in [-0.4, -0.2) is 35.7 Å². The molecule has 1 saturated carbocycles. The zero-order valence-electron chi connectivity index (χ0n) is 16.8. The summed E-state index contributed by atoms with van der Waals surface area (Å²) >= 11 is 0. The minimum Gasteiger partial charge on any atom is -0.393 e. The highest BCUT2D eigenvalue weighted by Gasteiger charge is 2.20. The summed E-state index contributed by atoms with van der Waals surface area (Å²) in [5, 5.41) is 19.4. The Balaban J connectivity index is 1.96. The van der Waals surface area contributed by atoms with Crippen LogP contribution in [0.25, 0.3) is 0 Å². The van der Waals surface area contributed by atoms with E-state index in [1.165, 1.54) is 0 Å². The van der Waals surface area contributed by atoms with Crippen LogP contribution < -0.4 is 16.0 Å². The molecule has 0 aliphatic heterocycles. The summed E-state index contributed by atoms with van der Waals surface area (Å²) in [7, 11) is 0. The first-order valence-electron chi connectivity index (χ1n) is 10.1. The number of benzene rings is 1. The second-order valence-corrected chi connectivity index (χ2v) is 7.34. The van der Waals surface area contributed by atoms with Gasteiger partial charge in [-0.15, -0.1) is 0 Å². The summed E-state index contributed by atoms with van der Waals surface area (Å²) in [6.45, 7) is 7.33. The van der Waals surface area contributed by atoms with E-state index in [2.05, 4.69) is 20.9 Å². The lowest BCUT2D eigenvalue weighted by Gasteiger charge is -2.27. The minimum atomic E-state index is -0.157. The highest BCUT2D eigenvalue weighted by molar-refractivity contribution is 5.92. The molecule has 27 heavy (non-hydrogen) atoms. The Morgan fingerprint density at radius 2 is 2.00 bits per heavy atom. The number of hydrogen-bond acceptors (Lipinski definition) is 3. The number of aliphatic hydroxyl groups excluding tert-OH is 1. The van der Waals surface area contributed by atoms with E-state index in [9.17, 15) is 9.90 Å². The van der Waals surface area contributed by atoms with Gasteiger partial charge in [-0.1, -0.05) is 26.0 Å². The van der Waals surface area contributed by atoms with Crippen LogP contribution in [0.5, 0.6) is 0 Å². The van der Waals surface area contributed by atoms with Crippen LogP contribution in [0, 0.1) is 5.92 Å². The number of guanidine groups is 1. The first kappa shape index (κ1) is 21.2. The maximum absolute atomic E-state index is 12.1. The van der Waals surface area contributed by atoms with Crippen molar-refractivity contribution in [1.82, 2.24) is 10.6 Å². The van der Waals surface area contributed by atoms with Gasteiger partial charge < -0.3 is 21.1 Å². The number of hydrogen-bond donors (Lipinski definition) is 4. The van der Waals surface area contributed by atoms with Gasteiger partial charge in [0.2, 0.25) is 5.91 Å². The molecule has 0 bridgehead atoms. The number of aliphatic hydroxyl groups is 1. The number of carbonyl (C=O) groups excluding carboxylic acids is 1. The molecule has 0 heterocycles. The van der Waals surface area contributed by atoms with Gasteiger partial charge in [0, 0.05) is 24.2 Å². The molecule has 1 aliphatic carbocycles. The molecular formula is C21H34N4O2.